The number of hydrogen-bond acceptors (Lipinski definition) is 3. The molecule has 1 aliphatic carbocycles. The van der Waals surface area contributed by atoms with Gasteiger partial charge >= 0.3 is 5.97 Å². The van der Waals surface area contributed by atoms with E-state index < -0.39 is 5.97 Å². The van der Waals surface area contributed by atoms with E-state index in [0.717, 1.165) is 18.5 Å². The van der Waals surface area contributed by atoms with E-state index in [2.05, 4.69) is 19.2 Å². The molecule has 0 amide bonds. The van der Waals surface area contributed by atoms with Gasteiger partial charge in [-0.2, -0.15) is 0 Å². The Morgan fingerprint density at radius 2 is 2.00 bits per heavy atom. The normalized spacial score (nSPS) is 19.1. The van der Waals surface area contributed by atoms with Crippen molar-refractivity contribution in [3.63, 3.8) is 0 Å². The highest BCUT2D eigenvalue weighted by molar-refractivity contribution is 5.94. The maximum atomic E-state index is 10.9. The molecule has 0 aliphatic heterocycles. The summed E-state index contributed by atoms with van der Waals surface area (Å²) in [4.78, 5) is 10.9. The van der Waals surface area contributed by atoms with Crippen molar-refractivity contribution in [1.82, 2.24) is 0 Å². The molecule has 4 nitrogen and oxygen atoms in total. The van der Waals surface area contributed by atoms with E-state index in [4.69, 9.17) is 10.8 Å². The molecule has 2 rings (SSSR count). The van der Waals surface area contributed by atoms with Crippen molar-refractivity contribution in [2.24, 2.45) is 5.41 Å². The Labute approximate surface area is 114 Å². The number of benzene rings is 1. The van der Waals surface area contributed by atoms with E-state index in [9.17, 15) is 4.79 Å². The molecule has 0 bridgehead atoms. The Balaban J connectivity index is 2.01. The summed E-state index contributed by atoms with van der Waals surface area (Å²) in [7, 11) is 0. The van der Waals surface area contributed by atoms with Crippen LogP contribution in [0.4, 0.5) is 11.4 Å². The smallest absolute Gasteiger partial charge is 0.337 e. The van der Waals surface area contributed by atoms with Crippen LogP contribution in [0.5, 0.6) is 0 Å². The van der Waals surface area contributed by atoms with E-state index in [1.807, 2.05) is 0 Å². The molecule has 104 valence electrons. The van der Waals surface area contributed by atoms with E-state index in [0.29, 0.717) is 17.1 Å². The SMILES string of the molecule is CC1(C)CCC(Nc2ccc(C(=O)O)c(N)c2)CC1. The van der Waals surface area contributed by atoms with Crippen LogP contribution in [-0.4, -0.2) is 17.1 Å². The van der Waals surface area contributed by atoms with Gasteiger partial charge in [0.15, 0.2) is 0 Å². The van der Waals surface area contributed by atoms with E-state index in [1.165, 1.54) is 12.8 Å². The van der Waals surface area contributed by atoms with Crippen LogP contribution >= 0.6 is 0 Å². The highest BCUT2D eigenvalue weighted by Gasteiger charge is 2.26. The van der Waals surface area contributed by atoms with Crippen LogP contribution < -0.4 is 11.1 Å². The first kappa shape index (κ1) is 13.7. The van der Waals surface area contributed by atoms with Gasteiger partial charge in [-0.3, -0.25) is 0 Å². The molecule has 4 heteroatoms. The van der Waals surface area contributed by atoms with Crippen LogP contribution in [0, 0.1) is 5.41 Å². The van der Waals surface area contributed by atoms with E-state index in [-0.39, 0.29) is 5.56 Å². The van der Waals surface area contributed by atoms with Crippen molar-refractivity contribution in [2.45, 2.75) is 45.6 Å². The van der Waals surface area contributed by atoms with Crippen LogP contribution in [0.25, 0.3) is 0 Å². The van der Waals surface area contributed by atoms with Gasteiger partial charge in [-0.05, 0) is 49.3 Å². The number of carboxylic acid groups (broad SMARTS) is 1. The summed E-state index contributed by atoms with van der Waals surface area (Å²) in [5.74, 6) is -0.983. The van der Waals surface area contributed by atoms with E-state index in [1.54, 1.807) is 18.2 Å². The van der Waals surface area contributed by atoms with Gasteiger partial charge in [0.2, 0.25) is 0 Å². The van der Waals surface area contributed by atoms with Crippen LogP contribution in [0.3, 0.4) is 0 Å². The molecule has 0 unspecified atom stereocenters. The fourth-order valence-corrected chi connectivity index (χ4v) is 2.63. The minimum Gasteiger partial charge on any atom is -0.478 e. The fraction of sp³-hybridized carbons (Fsp3) is 0.533. The second-order valence-corrected chi connectivity index (χ2v) is 6.19. The standard InChI is InChI=1S/C15H22N2O2/c1-15(2)7-5-10(6-8-15)17-11-3-4-12(14(18)19)13(16)9-11/h3-4,9-10,17H,5-8,16H2,1-2H3,(H,18,19). The fourth-order valence-electron chi connectivity index (χ4n) is 2.63. The van der Waals surface area contributed by atoms with Crippen molar-refractivity contribution in [2.75, 3.05) is 11.1 Å². The average molecular weight is 262 g/mol. The molecule has 1 aliphatic rings. The van der Waals surface area contributed by atoms with Crippen molar-refractivity contribution >= 4 is 17.3 Å². The minimum absolute atomic E-state index is 0.162. The number of anilines is 2. The lowest BCUT2D eigenvalue weighted by Crippen LogP contribution is -2.29. The van der Waals surface area contributed by atoms with E-state index >= 15 is 0 Å². The summed E-state index contributed by atoms with van der Waals surface area (Å²) in [6.45, 7) is 4.62. The molecular weight excluding hydrogens is 240 g/mol. The highest BCUT2D eigenvalue weighted by Crippen LogP contribution is 2.36. The first-order valence-electron chi connectivity index (χ1n) is 6.77. The van der Waals surface area contributed by atoms with Gasteiger partial charge in [0.1, 0.15) is 0 Å². The largest absolute Gasteiger partial charge is 0.478 e. The number of hydrogen-bond donors (Lipinski definition) is 3. The third-order valence-corrected chi connectivity index (χ3v) is 3.99. The summed E-state index contributed by atoms with van der Waals surface area (Å²) in [5, 5.41) is 12.4. The lowest BCUT2D eigenvalue weighted by Gasteiger charge is -2.35. The third-order valence-electron chi connectivity index (χ3n) is 3.99. The topological polar surface area (TPSA) is 75.3 Å². The maximum absolute atomic E-state index is 10.9. The second-order valence-electron chi connectivity index (χ2n) is 6.19. The van der Waals surface area contributed by atoms with Crippen LogP contribution in [0.1, 0.15) is 49.9 Å². The lowest BCUT2D eigenvalue weighted by atomic mass is 9.75. The Morgan fingerprint density at radius 3 is 2.53 bits per heavy atom. The first-order valence-corrected chi connectivity index (χ1v) is 6.77. The van der Waals surface area contributed by atoms with Crippen molar-refractivity contribution < 1.29 is 9.90 Å². The summed E-state index contributed by atoms with van der Waals surface area (Å²) in [6.07, 6.45) is 4.72. The zero-order chi connectivity index (χ0) is 14.0. The Kier molecular flexibility index (Phi) is 3.69. The zero-order valence-electron chi connectivity index (χ0n) is 11.6. The van der Waals surface area contributed by atoms with Gasteiger partial charge in [0.25, 0.3) is 0 Å². The van der Waals surface area contributed by atoms with Gasteiger partial charge in [-0.15, -0.1) is 0 Å². The van der Waals surface area contributed by atoms with Gasteiger partial charge < -0.3 is 16.2 Å². The molecule has 0 radical (unpaired) electrons. The summed E-state index contributed by atoms with van der Waals surface area (Å²) >= 11 is 0. The van der Waals surface area contributed by atoms with Gasteiger partial charge in [0.05, 0.1) is 5.56 Å². The number of nitrogens with two attached hydrogens (primary N) is 1. The molecule has 0 saturated heterocycles. The van der Waals surface area contributed by atoms with Gasteiger partial charge in [-0.1, -0.05) is 13.8 Å². The number of aromatic carboxylic acids is 1. The molecule has 19 heavy (non-hydrogen) atoms. The Hall–Kier alpha value is -1.71. The minimum atomic E-state index is -0.983. The number of nitrogens with one attached hydrogen (secondary N) is 1. The summed E-state index contributed by atoms with van der Waals surface area (Å²) in [5.41, 5.74) is 7.58. The molecule has 0 atom stereocenters. The lowest BCUT2D eigenvalue weighted by molar-refractivity contribution is 0.0698. The monoisotopic (exact) mass is 262 g/mol. The number of nitrogen functional groups attached to an aromatic ring is 1. The number of carboxylic acids is 1. The molecule has 0 spiro atoms. The van der Waals surface area contributed by atoms with Gasteiger partial charge in [0, 0.05) is 17.4 Å². The maximum Gasteiger partial charge on any atom is 0.337 e. The quantitative estimate of drug-likeness (QED) is 0.730. The second kappa shape index (κ2) is 5.11. The predicted octanol–water partition coefficient (Wildman–Crippen LogP) is 3.35. The number of carbonyl (C=O) groups is 1. The van der Waals surface area contributed by atoms with Gasteiger partial charge in [-0.25, -0.2) is 4.79 Å². The zero-order valence-corrected chi connectivity index (χ0v) is 11.6. The Morgan fingerprint density at radius 1 is 1.37 bits per heavy atom. The highest BCUT2D eigenvalue weighted by atomic mass is 16.4. The van der Waals surface area contributed by atoms with Crippen molar-refractivity contribution in [3.8, 4) is 0 Å². The average Bonchev–Trinajstić information content (AvgIpc) is 2.31. The van der Waals surface area contributed by atoms with Crippen LogP contribution in [-0.2, 0) is 0 Å². The molecule has 1 aromatic rings. The Bertz CT molecular complexity index is 473. The third kappa shape index (κ3) is 3.40. The summed E-state index contributed by atoms with van der Waals surface area (Å²) < 4.78 is 0. The molecule has 1 saturated carbocycles. The van der Waals surface area contributed by atoms with Crippen LogP contribution in [0.2, 0.25) is 0 Å². The molecule has 0 aromatic heterocycles. The van der Waals surface area contributed by atoms with Crippen LogP contribution in [0.15, 0.2) is 18.2 Å². The molecular formula is C15H22N2O2. The molecule has 0 heterocycles. The number of rotatable bonds is 3. The molecule has 4 N–H and O–H groups in total. The van der Waals surface area contributed by atoms with Crippen molar-refractivity contribution in [3.05, 3.63) is 23.8 Å². The molecule has 1 aromatic carbocycles. The predicted molar refractivity (Wildman–Crippen MR) is 77.5 cm³/mol. The summed E-state index contributed by atoms with van der Waals surface area (Å²) in [6, 6.07) is 5.53. The van der Waals surface area contributed by atoms with Crippen molar-refractivity contribution in [1.29, 1.82) is 0 Å². The first-order chi connectivity index (χ1) is 8.87. The molecule has 1 fully saturated rings.